The fraction of sp³-hybridized carbons (Fsp3) is 0.750. The molecule has 0 bridgehead atoms. The third-order valence-corrected chi connectivity index (χ3v) is 2.41. The van der Waals surface area contributed by atoms with Gasteiger partial charge in [0.15, 0.2) is 0 Å². The molecule has 0 aliphatic heterocycles. The molecule has 0 radical (unpaired) electrons. The van der Waals surface area contributed by atoms with E-state index >= 15 is 0 Å². The van der Waals surface area contributed by atoms with E-state index < -0.39 is 17.7 Å². The molecule has 0 unspecified atom stereocenters. The van der Waals surface area contributed by atoms with Crippen LogP contribution in [0.25, 0.3) is 0 Å². The Balaban J connectivity index is 3.73. The molecule has 0 fully saturated rings. The van der Waals surface area contributed by atoms with Gasteiger partial charge in [-0.05, 0) is 25.7 Å². The normalized spacial score (nSPS) is 12.2. The molecule has 0 aromatic carbocycles. The van der Waals surface area contributed by atoms with Crippen LogP contribution in [0.4, 0.5) is 4.79 Å². The number of hydrogen-bond donors (Lipinski definition) is 1. The van der Waals surface area contributed by atoms with Crippen molar-refractivity contribution in [2.75, 3.05) is 26.4 Å². The number of carbonyl (C=O) groups excluding carboxylic acids is 1. The zero-order valence-electron chi connectivity index (χ0n) is 15.0. The average Bonchev–Trinajstić information content (AvgIpc) is 2.39. The second kappa shape index (κ2) is 10.9. The van der Waals surface area contributed by atoms with Gasteiger partial charge in [-0.2, -0.15) is 4.89 Å². The lowest BCUT2D eigenvalue weighted by Gasteiger charge is -2.30. The first-order valence-electron chi connectivity index (χ1n) is 7.63. The first-order valence-corrected chi connectivity index (χ1v) is 7.63. The van der Waals surface area contributed by atoms with Crippen LogP contribution in [0, 0.1) is 5.41 Å². The van der Waals surface area contributed by atoms with Gasteiger partial charge in [0.1, 0.15) is 25.1 Å². The quantitative estimate of drug-likeness (QED) is 0.152. The molecule has 0 aliphatic carbocycles. The summed E-state index contributed by atoms with van der Waals surface area (Å²) in [7, 11) is 0. The van der Waals surface area contributed by atoms with Crippen LogP contribution in [0.1, 0.15) is 41.0 Å². The third-order valence-electron chi connectivity index (χ3n) is 2.41. The Bertz CT molecular complexity index is 409. The van der Waals surface area contributed by atoms with Crippen molar-refractivity contribution in [2.45, 2.75) is 46.6 Å². The van der Waals surface area contributed by atoms with Crippen molar-refractivity contribution >= 4 is 12.1 Å². The molecule has 8 nitrogen and oxygen atoms in total. The topological polar surface area (TPSA) is 101 Å². The molecule has 0 aliphatic rings. The van der Waals surface area contributed by atoms with Crippen LogP contribution >= 0.6 is 0 Å². The third kappa shape index (κ3) is 15.1. The highest BCUT2D eigenvalue weighted by Gasteiger charge is 2.27. The fourth-order valence-corrected chi connectivity index (χ4v) is 2.09. The molecule has 0 atom stereocenters. The molecule has 0 aromatic rings. The average molecular weight is 348 g/mol. The summed E-state index contributed by atoms with van der Waals surface area (Å²) in [4.78, 5) is 31.6. The molecule has 0 aromatic heterocycles. The van der Waals surface area contributed by atoms with Gasteiger partial charge in [-0.25, -0.2) is 9.59 Å². The molecule has 8 heteroatoms. The van der Waals surface area contributed by atoms with Gasteiger partial charge >= 0.3 is 12.1 Å². The van der Waals surface area contributed by atoms with Crippen molar-refractivity contribution in [3.8, 4) is 0 Å². The van der Waals surface area contributed by atoms with Crippen molar-refractivity contribution < 1.29 is 38.7 Å². The van der Waals surface area contributed by atoms with Crippen LogP contribution in [-0.4, -0.2) is 49.3 Å². The minimum atomic E-state index is -1.36. The Morgan fingerprint density at radius 1 is 0.958 bits per heavy atom. The van der Waals surface area contributed by atoms with Crippen LogP contribution < -0.4 is 0 Å². The van der Waals surface area contributed by atoms with Crippen molar-refractivity contribution in [3.63, 3.8) is 0 Å². The van der Waals surface area contributed by atoms with E-state index in [0.717, 1.165) is 18.8 Å². The van der Waals surface area contributed by atoms with Gasteiger partial charge in [0.05, 0.1) is 19.3 Å². The largest absolute Gasteiger partial charge is 0.505 e. The molecule has 0 heterocycles. The van der Waals surface area contributed by atoms with Crippen molar-refractivity contribution in [1.29, 1.82) is 0 Å². The summed E-state index contributed by atoms with van der Waals surface area (Å²) in [5, 5.41) is 8.22. The van der Waals surface area contributed by atoms with Crippen molar-refractivity contribution in [3.05, 3.63) is 12.3 Å². The summed E-state index contributed by atoms with van der Waals surface area (Å²) in [5.41, 5.74) is -0.399. The Kier molecular flexibility index (Phi) is 10.1. The molecule has 0 spiro atoms. The molecule has 24 heavy (non-hydrogen) atoms. The van der Waals surface area contributed by atoms with E-state index in [1.54, 1.807) is 0 Å². The Morgan fingerprint density at radius 3 is 2.08 bits per heavy atom. The smallest absolute Gasteiger partial charge is 0.460 e. The summed E-state index contributed by atoms with van der Waals surface area (Å²) in [6.07, 6.45) is 1.64. The highest BCUT2D eigenvalue weighted by molar-refractivity contribution is 5.81. The number of rotatable bonds is 11. The van der Waals surface area contributed by atoms with Gasteiger partial charge < -0.3 is 24.2 Å². The standard InChI is InChI=1S/C16H28O8/c1-15(2,3)12-16(4,5)24-23-7-6-13(17)21-10-8-20-9-11-22-14(18)19/h6-7H,8-12H2,1-5H3,(H,18,19). The van der Waals surface area contributed by atoms with Crippen LogP contribution in [0.15, 0.2) is 12.3 Å². The zero-order chi connectivity index (χ0) is 18.6. The van der Waals surface area contributed by atoms with Crippen molar-refractivity contribution in [1.82, 2.24) is 0 Å². The summed E-state index contributed by atoms with van der Waals surface area (Å²) >= 11 is 0. The lowest BCUT2D eigenvalue weighted by Crippen LogP contribution is -2.29. The molecular formula is C16H28O8. The maximum absolute atomic E-state index is 11.4. The predicted molar refractivity (Wildman–Crippen MR) is 85.2 cm³/mol. The lowest BCUT2D eigenvalue weighted by atomic mass is 9.84. The first kappa shape index (κ1) is 22.2. The summed E-state index contributed by atoms with van der Waals surface area (Å²) < 4.78 is 14.1. The molecule has 0 saturated heterocycles. The Labute approximate surface area is 142 Å². The Hall–Kier alpha value is -1.80. The van der Waals surface area contributed by atoms with E-state index in [1.807, 2.05) is 13.8 Å². The van der Waals surface area contributed by atoms with Gasteiger partial charge in [0, 0.05) is 0 Å². The van der Waals surface area contributed by atoms with Crippen molar-refractivity contribution in [2.24, 2.45) is 5.41 Å². The van der Waals surface area contributed by atoms with E-state index in [1.165, 1.54) is 0 Å². The zero-order valence-corrected chi connectivity index (χ0v) is 15.0. The number of carbonyl (C=O) groups is 2. The monoisotopic (exact) mass is 348 g/mol. The van der Waals surface area contributed by atoms with Crippen LogP contribution in [0.5, 0.6) is 0 Å². The summed E-state index contributed by atoms with van der Waals surface area (Å²) in [5.74, 6) is -0.599. The van der Waals surface area contributed by atoms with Gasteiger partial charge in [-0.15, -0.1) is 0 Å². The highest BCUT2D eigenvalue weighted by Crippen LogP contribution is 2.29. The van der Waals surface area contributed by atoms with Gasteiger partial charge in [0.2, 0.25) is 0 Å². The maximum atomic E-state index is 11.4. The summed E-state index contributed by atoms with van der Waals surface area (Å²) in [6.45, 7) is 10.3. The van der Waals surface area contributed by atoms with E-state index in [2.05, 4.69) is 25.5 Å². The molecule has 0 saturated carbocycles. The first-order chi connectivity index (χ1) is 11.0. The maximum Gasteiger partial charge on any atom is 0.505 e. The van der Waals surface area contributed by atoms with Gasteiger partial charge in [0.25, 0.3) is 0 Å². The van der Waals surface area contributed by atoms with Crippen LogP contribution in [0.2, 0.25) is 0 Å². The highest BCUT2D eigenvalue weighted by atomic mass is 17.2. The number of ether oxygens (including phenoxy) is 3. The minimum Gasteiger partial charge on any atom is -0.460 e. The van der Waals surface area contributed by atoms with Crippen LogP contribution in [0.3, 0.4) is 0 Å². The Morgan fingerprint density at radius 2 is 1.54 bits per heavy atom. The van der Waals surface area contributed by atoms with E-state index in [0.29, 0.717) is 0 Å². The van der Waals surface area contributed by atoms with Gasteiger partial charge in [-0.1, -0.05) is 20.8 Å². The van der Waals surface area contributed by atoms with Gasteiger partial charge in [-0.3, -0.25) is 0 Å². The van der Waals surface area contributed by atoms with E-state index in [4.69, 9.17) is 24.4 Å². The second-order valence-corrected chi connectivity index (χ2v) is 6.87. The molecule has 0 rings (SSSR count). The van der Waals surface area contributed by atoms with E-state index in [9.17, 15) is 9.59 Å². The number of esters is 1. The molecule has 1 N–H and O–H groups in total. The summed E-state index contributed by atoms with van der Waals surface area (Å²) in [6, 6.07) is 0. The van der Waals surface area contributed by atoms with E-state index in [-0.39, 0.29) is 31.8 Å². The second-order valence-electron chi connectivity index (χ2n) is 6.87. The lowest BCUT2D eigenvalue weighted by molar-refractivity contribution is -0.321. The fourth-order valence-electron chi connectivity index (χ4n) is 2.09. The van der Waals surface area contributed by atoms with Crippen LogP contribution in [-0.2, 0) is 28.8 Å². The SMILES string of the molecule is CC(C)(C)CC(C)(C)OOC=CC(=O)OCCOCCOC(=O)O. The predicted octanol–water partition coefficient (Wildman–Crippen LogP) is 2.92. The molecule has 0 amide bonds. The molecule has 140 valence electrons. The molecular weight excluding hydrogens is 320 g/mol. The number of carboxylic acid groups (broad SMARTS) is 1. The number of hydrogen-bond acceptors (Lipinski definition) is 7. The minimum absolute atomic E-state index is 0.0343.